The minimum Gasteiger partial charge on any atom is -0.351 e. The highest BCUT2D eigenvalue weighted by Crippen LogP contribution is 2.39. The highest BCUT2D eigenvalue weighted by Gasteiger charge is 2.47. The predicted octanol–water partition coefficient (Wildman–Crippen LogP) is 1.74. The minimum absolute atomic E-state index is 0.715. The van der Waals surface area contributed by atoms with E-state index in [4.69, 9.17) is 4.99 Å². The van der Waals surface area contributed by atoms with Crippen LogP contribution in [0.4, 0.5) is 0 Å². The van der Waals surface area contributed by atoms with E-state index in [0.29, 0.717) is 6.04 Å². The molecule has 3 fully saturated rings. The van der Waals surface area contributed by atoms with Gasteiger partial charge in [0, 0.05) is 18.6 Å². The van der Waals surface area contributed by atoms with Crippen LogP contribution in [0, 0.1) is 5.92 Å². The average Bonchev–Trinajstić information content (AvgIpc) is 2.91. The SMILES string of the molecule is C1CCC2C(C1)NC1=NCC3CCCC3N12. The normalized spacial score (nSPS) is 45.5. The number of guanidine groups is 1. The van der Waals surface area contributed by atoms with Gasteiger partial charge in [-0.15, -0.1) is 0 Å². The van der Waals surface area contributed by atoms with Crippen LogP contribution in [0.3, 0.4) is 0 Å². The summed E-state index contributed by atoms with van der Waals surface area (Å²) < 4.78 is 0. The maximum Gasteiger partial charge on any atom is 0.194 e. The van der Waals surface area contributed by atoms with E-state index in [2.05, 4.69) is 10.2 Å². The molecule has 88 valence electrons. The molecule has 2 aliphatic carbocycles. The second kappa shape index (κ2) is 3.38. The Morgan fingerprint density at radius 3 is 2.88 bits per heavy atom. The highest BCUT2D eigenvalue weighted by molar-refractivity contribution is 5.84. The number of hydrogen-bond donors (Lipinski definition) is 1. The van der Waals surface area contributed by atoms with Gasteiger partial charge in [-0.2, -0.15) is 0 Å². The largest absolute Gasteiger partial charge is 0.351 e. The molecule has 0 aromatic carbocycles. The zero-order chi connectivity index (χ0) is 10.5. The molecule has 4 unspecified atom stereocenters. The van der Waals surface area contributed by atoms with Crippen molar-refractivity contribution in [1.29, 1.82) is 0 Å². The Morgan fingerprint density at radius 2 is 1.88 bits per heavy atom. The summed E-state index contributed by atoms with van der Waals surface area (Å²) in [6.45, 7) is 1.09. The van der Waals surface area contributed by atoms with Crippen molar-refractivity contribution in [2.75, 3.05) is 6.54 Å². The number of fused-ring (bicyclic) bond motifs is 5. The first-order valence-corrected chi connectivity index (χ1v) is 7.03. The zero-order valence-corrected chi connectivity index (χ0v) is 9.86. The van der Waals surface area contributed by atoms with Crippen LogP contribution in [-0.4, -0.2) is 35.5 Å². The molecule has 0 bridgehead atoms. The highest BCUT2D eigenvalue weighted by atomic mass is 15.4. The monoisotopic (exact) mass is 219 g/mol. The lowest BCUT2D eigenvalue weighted by Gasteiger charge is -2.39. The number of aliphatic imine (C=N–C) groups is 1. The lowest BCUT2D eigenvalue weighted by Crippen LogP contribution is -2.49. The molecule has 4 atom stereocenters. The quantitative estimate of drug-likeness (QED) is 0.672. The topological polar surface area (TPSA) is 27.6 Å². The van der Waals surface area contributed by atoms with Crippen molar-refractivity contribution in [2.45, 2.75) is 63.1 Å². The van der Waals surface area contributed by atoms with Gasteiger partial charge in [-0.25, -0.2) is 0 Å². The molecule has 1 saturated heterocycles. The first-order valence-electron chi connectivity index (χ1n) is 7.03. The molecule has 4 aliphatic rings. The first kappa shape index (κ1) is 9.32. The average molecular weight is 219 g/mol. The summed E-state index contributed by atoms with van der Waals surface area (Å²) in [5.74, 6) is 2.12. The van der Waals surface area contributed by atoms with Crippen LogP contribution in [0.1, 0.15) is 44.9 Å². The van der Waals surface area contributed by atoms with E-state index in [-0.39, 0.29) is 0 Å². The van der Waals surface area contributed by atoms with Crippen LogP contribution in [0.15, 0.2) is 4.99 Å². The maximum absolute atomic E-state index is 4.79. The summed E-state index contributed by atoms with van der Waals surface area (Å²) in [7, 11) is 0. The predicted molar refractivity (Wildman–Crippen MR) is 64.4 cm³/mol. The van der Waals surface area contributed by atoms with Crippen molar-refractivity contribution < 1.29 is 0 Å². The molecule has 0 amide bonds. The summed E-state index contributed by atoms with van der Waals surface area (Å²) in [4.78, 5) is 7.48. The van der Waals surface area contributed by atoms with Gasteiger partial charge in [0.15, 0.2) is 5.96 Å². The van der Waals surface area contributed by atoms with E-state index in [1.807, 2.05) is 0 Å². The zero-order valence-electron chi connectivity index (χ0n) is 9.86. The number of rotatable bonds is 0. The van der Waals surface area contributed by atoms with Gasteiger partial charge in [0.2, 0.25) is 0 Å². The van der Waals surface area contributed by atoms with Crippen LogP contribution in [0.5, 0.6) is 0 Å². The van der Waals surface area contributed by atoms with Crippen LogP contribution >= 0.6 is 0 Å². The van der Waals surface area contributed by atoms with Crippen molar-refractivity contribution in [3.63, 3.8) is 0 Å². The standard InChI is InChI=1S/C13H21N3/c1-2-6-12-10(5-1)15-13-14-8-9-4-3-7-11(9)16(12)13/h9-12H,1-8H2,(H,14,15). The third-order valence-corrected chi connectivity index (χ3v) is 5.10. The Hall–Kier alpha value is -0.730. The molecular formula is C13H21N3. The Labute approximate surface area is 97.3 Å². The van der Waals surface area contributed by atoms with E-state index in [9.17, 15) is 0 Å². The fraction of sp³-hybridized carbons (Fsp3) is 0.923. The number of hydrogen-bond acceptors (Lipinski definition) is 3. The number of nitrogens with zero attached hydrogens (tertiary/aromatic N) is 2. The van der Waals surface area contributed by atoms with Crippen molar-refractivity contribution in [3.8, 4) is 0 Å². The molecule has 0 aromatic heterocycles. The molecule has 4 rings (SSSR count). The van der Waals surface area contributed by atoms with E-state index >= 15 is 0 Å². The molecule has 3 nitrogen and oxygen atoms in total. The van der Waals surface area contributed by atoms with Gasteiger partial charge in [0.1, 0.15) is 0 Å². The van der Waals surface area contributed by atoms with Gasteiger partial charge in [0.05, 0.1) is 6.04 Å². The Balaban J connectivity index is 1.67. The molecule has 2 aliphatic heterocycles. The van der Waals surface area contributed by atoms with Gasteiger partial charge >= 0.3 is 0 Å². The van der Waals surface area contributed by atoms with E-state index in [0.717, 1.165) is 24.5 Å². The third kappa shape index (κ3) is 1.17. The van der Waals surface area contributed by atoms with Crippen LogP contribution in [-0.2, 0) is 0 Å². The van der Waals surface area contributed by atoms with E-state index in [1.165, 1.54) is 50.9 Å². The summed E-state index contributed by atoms with van der Waals surface area (Å²) in [6, 6.07) is 2.32. The molecule has 0 aromatic rings. The van der Waals surface area contributed by atoms with Gasteiger partial charge < -0.3 is 10.2 Å². The summed E-state index contributed by atoms with van der Waals surface area (Å²) >= 11 is 0. The van der Waals surface area contributed by atoms with Crippen molar-refractivity contribution in [1.82, 2.24) is 10.2 Å². The third-order valence-electron chi connectivity index (χ3n) is 5.10. The van der Waals surface area contributed by atoms with E-state index in [1.54, 1.807) is 0 Å². The Kier molecular flexibility index (Phi) is 1.97. The number of nitrogens with one attached hydrogen (secondary N) is 1. The summed E-state index contributed by atoms with van der Waals surface area (Å²) in [5.41, 5.74) is 0. The van der Waals surface area contributed by atoms with Crippen molar-refractivity contribution in [3.05, 3.63) is 0 Å². The van der Waals surface area contributed by atoms with Crippen molar-refractivity contribution >= 4 is 5.96 Å². The van der Waals surface area contributed by atoms with Crippen LogP contribution < -0.4 is 5.32 Å². The molecule has 2 heterocycles. The fourth-order valence-corrected chi connectivity index (χ4v) is 4.34. The van der Waals surface area contributed by atoms with Gasteiger partial charge in [-0.3, -0.25) is 4.99 Å². The molecule has 3 heteroatoms. The lowest BCUT2D eigenvalue weighted by molar-refractivity contribution is 0.165. The summed E-state index contributed by atoms with van der Waals surface area (Å²) in [6.07, 6.45) is 9.82. The second-order valence-corrected chi connectivity index (χ2v) is 5.93. The van der Waals surface area contributed by atoms with Gasteiger partial charge in [-0.1, -0.05) is 19.3 Å². The fourth-order valence-electron chi connectivity index (χ4n) is 4.34. The molecule has 0 radical (unpaired) electrons. The molecule has 0 spiro atoms. The Bertz CT molecular complexity index is 325. The molecule has 16 heavy (non-hydrogen) atoms. The van der Waals surface area contributed by atoms with Crippen molar-refractivity contribution in [2.24, 2.45) is 10.9 Å². The lowest BCUT2D eigenvalue weighted by atomic mass is 9.89. The van der Waals surface area contributed by atoms with Gasteiger partial charge in [0.25, 0.3) is 0 Å². The minimum atomic E-state index is 0.715. The smallest absolute Gasteiger partial charge is 0.194 e. The molecule has 1 N–H and O–H groups in total. The first-order chi connectivity index (χ1) is 7.93. The van der Waals surface area contributed by atoms with Crippen LogP contribution in [0.2, 0.25) is 0 Å². The molecular weight excluding hydrogens is 198 g/mol. The Morgan fingerprint density at radius 1 is 1.00 bits per heavy atom. The maximum atomic E-state index is 4.79. The van der Waals surface area contributed by atoms with Crippen LogP contribution in [0.25, 0.3) is 0 Å². The van der Waals surface area contributed by atoms with Gasteiger partial charge in [-0.05, 0) is 31.6 Å². The molecule has 2 saturated carbocycles. The van der Waals surface area contributed by atoms with E-state index < -0.39 is 0 Å². The second-order valence-electron chi connectivity index (χ2n) is 5.93. The summed E-state index contributed by atoms with van der Waals surface area (Å²) in [5, 5.41) is 3.68.